The summed E-state index contributed by atoms with van der Waals surface area (Å²) in [6.07, 6.45) is 4.18. The van der Waals surface area contributed by atoms with Gasteiger partial charge in [0.15, 0.2) is 0 Å². The Bertz CT molecular complexity index is 585. The largest absolute Gasteiger partial charge is 0.352 e. The van der Waals surface area contributed by atoms with Gasteiger partial charge < -0.3 is 10.6 Å². The van der Waals surface area contributed by atoms with Gasteiger partial charge in [0.25, 0.3) is 5.91 Å². The lowest BCUT2D eigenvalue weighted by Gasteiger charge is -2.06. The van der Waals surface area contributed by atoms with Gasteiger partial charge in [-0.3, -0.25) is 14.6 Å². The number of hydrogen-bond acceptors (Lipinski definition) is 3. The fourth-order valence-corrected chi connectivity index (χ4v) is 1.80. The van der Waals surface area contributed by atoms with Crippen LogP contribution in [0.25, 0.3) is 0 Å². The number of carbonyl (C=O) groups excluding carboxylic acids is 2. The third-order valence-corrected chi connectivity index (χ3v) is 2.85. The molecule has 0 aliphatic rings. The van der Waals surface area contributed by atoms with E-state index >= 15 is 0 Å². The maximum atomic E-state index is 11.8. The predicted octanol–water partition coefficient (Wildman–Crippen LogP) is 2.23. The molecule has 2 aromatic rings. The Kier molecular flexibility index (Phi) is 5.46. The van der Waals surface area contributed by atoms with E-state index in [0.29, 0.717) is 30.6 Å². The molecule has 5 nitrogen and oxygen atoms in total. The van der Waals surface area contributed by atoms with Crippen LogP contribution in [0.4, 0.5) is 5.69 Å². The Labute approximate surface area is 123 Å². The molecule has 0 aliphatic heterocycles. The predicted molar refractivity (Wildman–Crippen MR) is 80.9 cm³/mol. The number of pyridine rings is 1. The Hall–Kier alpha value is -2.69. The average Bonchev–Trinajstić information content (AvgIpc) is 2.53. The lowest BCUT2D eigenvalue weighted by molar-refractivity contribution is -0.116. The van der Waals surface area contributed by atoms with Crippen molar-refractivity contribution in [2.45, 2.75) is 12.8 Å². The molecule has 0 saturated heterocycles. The number of aromatic nitrogens is 1. The standard InChI is InChI=1S/C16H17N3O2/c20-15(19-14-8-4-10-17-12-14)9-5-11-18-16(21)13-6-2-1-3-7-13/h1-4,6-8,10,12H,5,9,11H2,(H,18,21)(H,19,20). The van der Waals surface area contributed by atoms with Crippen LogP contribution in [-0.2, 0) is 4.79 Å². The normalized spacial score (nSPS) is 9.90. The molecule has 0 spiro atoms. The van der Waals surface area contributed by atoms with E-state index < -0.39 is 0 Å². The molecule has 2 amide bonds. The second-order valence-corrected chi connectivity index (χ2v) is 4.52. The van der Waals surface area contributed by atoms with Crippen molar-refractivity contribution in [3.05, 3.63) is 60.4 Å². The van der Waals surface area contributed by atoms with Crippen LogP contribution in [0, 0.1) is 0 Å². The number of hydrogen-bond donors (Lipinski definition) is 2. The number of nitrogens with one attached hydrogen (secondary N) is 2. The van der Waals surface area contributed by atoms with E-state index in [4.69, 9.17) is 0 Å². The van der Waals surface area contributed by atoms with Crippen LogP contribution in [0.1, 0.15) is 23.2 Å². The number of rotatable bonds is 6. The van der Waals surface area contributed by atoms with Crippen molar-refractivity contribution in [2.24, 2.45) is 0 Å². The van der Waals surface area contributed by atoms with Crippen LogP contribution in [-0.4, -0.2) is 23.3 Å². The Morgan fingerprint density at radius 3 is 2.57 bits per heavy atom. The zero-order valence-electron chi connectivity index (χ0n) is 11.6. The lowest BCUT2D eigenvalue weighted by atomic mass is 10.2. The maximum Gasteiger partial charge on any atom is 0.251 e. The van der Waals surface area contributed by atoms with Gasteiger partial charge in [-0.15, -0.1) is 0 Å². The van der Waals surface area contributed by atoms with Gasteiger partial charge in [-0.1, -0.05) is 18.2 Å². The molecule has 0 bridgehead atoms. The maximum absolute atomic E-state index is 11.8. The van der Waals surface area contributed by atoms with Crippen LogP contribution in [0.15, 0.2) is 54.9 Å². The molecule has 0 radical (unpaired) electrons. The van der Waals surface area contributed by atoms with Crippen molar-refractivity contribution in [3.63, 3.8) is 0 Å². The fourth-order valence-electron chi connectivity index (χ4n) is 1.80. The van der Waals surface area contributed by atoms with Crippen LogP contribution in [0.3, 0.4) is 0 Å². The van der Waals surface area contributed by atoms with E-state index in [-0.39, 0.29) is 11.8 Å². The second kappa shape index (κ2) is 7.79. The highest BCUT2D eigenvalue weighted by Crippen LogP contribution is 2.04. The van der Waals surface area contributed by atoms with E-state index in [0.717, 1.165) is 0 Å². The molecule has 1 heterocycles. The Morgan fingerprint density at radius 1 is 1.05 bits per heavy atom. The summed E-state index contributed by atoms with van der Waals surface area (Å²) in [5.74, 6) is -0.208. The highest BCUT2D eigenvalue weighted by molar-refractivity contribution is 5.94. The van der Waals surface area contributed by atoms with Gasteiger partial charge >= 0.3 is 0 Å². The monoisotopic (exact) mass is 283 g/mol. The summed E-state index contributed by atoms with van der Waals surface area (Å²) in [7, 11) is 0. The van der Waals surface area contributed by atoms with Crippen molar-refractivity contribution >= 4 is 17.5 Å². The van der Waals surface area contributed by atoms with Crippen LogP contribution in [0.5, 0.6) is 0 Å². The summed E-state index contributed by atoms with van der Waals surface area (Å²) >= 11 is 0. The molecule has 5 heteroatoms. The first-order valence-corrected chi connectivity index (χ1v) is 6.79. The quantitative estimate of drug-likeness (QED) is 0.799. The molecule has 0 aliphatic carbocycles. The number of amides is 2. The van der Waals surface area contributed by atoms with Gasteiger partial charge in [-0.2, -0.15) is 0 Å². The number of nitrogens with zero attached hydrogens (tertiary/aromatic N) is 1. The zero-order chi connectivity index (χ0) is 14.9. The van der Waals surface area contributed by atoms with Gasteiger partial charge in [0.05, 0.1) is 11.9 Å². The summed E-state index contributed by atoms with van der Waals surface area (Å²) in [5, 5.41) is 5.53. The van der Waals surface area contributed by atoms with Crippen molar-refractivity contribution in [1.82, 2.24) is 10.3 Å². The third kappa shape index (κ3) is 5.06. The van der Waals surface area contributed by atoms with Crippen LogP contribution < -0.4 is 10.6 Å². The van der Waals surface area contributed by atoms with E-state index in [1.165, 1.54) is 0 Å². The van der Waals surface area contributed by atoms with Crippen molar-refractivity contribution in [2.75, 3.05) is 11.9 Å². The van der Waals surface area contributed by atoms with Gasteiger partial charge in [-0.25, -0.2) is 0 Å². The molecule has 108 valence electrons. The molecule has 0 unspecified atom stereocenters. The molecule has 21 heavy (non-hydrogen) atoms. The van der Waals surface area contributed by atoms with Crippen molar-refractivity contribution in [3.8, 4) is 0 Å². The molecule has 0 atom stereocenters. The SMILES string of the molecule is O=C(CCCNC(=O)c1ccccc1)Nc1cccnc1. The third-order valence-electron chi connectivity index (χ3n) is 2.85. The lowest BCUT2D eigenvalue weighted by Crippen LogP contribution is -2.25. The summed E-state index contributed by atoms with van der Waals surface area (Å²) in [5.41, 5.74) is 1.30. The smallest absolute Gasteiger partial charge is 0.251 e. The number of carbonyl (C=O) groups is 2. The highest BCUT2D eigenvalue weighted by Gasteiger charge is 2.05. The summed E-state index contributed by atoms with van der Waals surface area (Å²) < 4.78 is 0. The minimum absolute atomic E-state index is 0.0861. The molecule has 0 fully saturated rings. The first-order valence-electron chi connectivity index (χ1n) is 6.79. The molecular weight excluding hydrogens is 266 g/mol. The first-order chi connectivity index (χ1) is 10.3. The van der Waals surface area contributed by atoms with Crippen molar-refractivity contribution in [1.29, 1.82) is 0 Å². The molecular formula is C16H17N3O2. The minimum Gasteiger partial charge on any atom is -0.352 e. The Balaban J connectivity index is 1.66. The molecule has 1 aromatic carbocycles. The average molecular weight is 283 g/mol. The fraction of sp³-hybridized carbons (Fsp3) is 0.188. The molecule has 0 saturated carbocycles. The van der Waals surface area contributed by atoms with E-state index in [9.17, 15) is 9.59 Å². The Morgan fingerprint density at radius 2 is 1.86 bits per heavy atom. The molecule has 1 aromatic heterocycles. The van der Waals surface area contributed by atoms with Crippen molar-refractivity contribution < 1.29 is 9.59 Å². The summed E-state index contributed by atoms with van der Waals surface area (Å²) in [6.45, 7) is 0.466. The minimum atomic E-state index is -0.122. The zero-order valence-corrected chi connectivity index (χ0v) is 11.6. The van der Waals surface area contributed by atoms with E-state index in [2.05, 4.69) is 15.6 Å². The van der Waals surface area contributed by atoms with E-state index in [1.807, 2.05) is 18.2 Å². The highest BCUT2D eigenvalue weighted by atomic mass is 16.2. The first kappa shape index (κ1) is 14.7. The van der Waals surface area contributed by atoms with Crippen LogP contribution >= 0.6 is 0 Å². The summed E-state index contributed by atoms with van der Waals surface area (Å²) in [6, 6.07) is 12.5. The van der Waals surface area contributed by atoms with Gasteiger partial charge in [0.2, 0.25) is 5.91 Å². The molecule has 2 N–H and O–H groups in total. The van der Waals surface area contributed by atoms with Gasteiger partial charge in [-0.05, 0) is 30.7 Å². The topological polar surface area (TPSA) is 71.1 Å². The van der Waals surface area contributed by atoms with Crippen LogP contribution in [0.2, 0.25) is 0 Å². The number of anilines is 1. The number of benzene rings is 1. The van der Waals surface area contributed by atoms with E-state index in [1.54, 1.807) is 36.7 Å². The second-order valence-electron chi connectivity index (χ2n) is 4.52. The van der Waals surface area contributed by atoms with Gasteiger partial charge in [0.1, 0.15) is 0 Å². The summed E-state index contributed by atoms with van der Waals surface area (Å²) in [4.78, 5) is 27.4. The van der Waals surface area contributed by atoms with Gasteiger partial charge in [0, 0.05) is 24.7 Å². The molecule has 2 rings (SSSR count).